The lowest BCUT2D eigenvalue weighted by Gasteiger charge is -2.23. The first-order valence-electron chi connectivity index (χ1n) is 5.67. The minimum atomic E-state index is -4.51. The number of nitrogens with two attached hydrogens (primary N) is 1. The zero-order valence-electron chi connectivity index (χ0n) is 10.6. The summed E-state index contributed by atoms with van der Waals surface area (Å²) in [6.07, 6.45) is -8.88. The van der Waals surface area contributed by atoms with Crippen LogP contribution in [0.3, 0.4) is 0 Å². The van der Waals surface area contributed by atoms with E-state index in [4.69, 9.17) is 5.73 Å². The molecule has 2 nitrogen and oxygen atoms in total. The minimum Gasteiger partial charge on any atom is -0.323 e. The van der Waals surface area contributed by atoms with Gasteiger partial charge in [-0.1, -0.05) is 12.1 Å². The summed E-state index contributed by atoms with van der Waals surface area (Å²) < 4.78 is 74.0. The van der Waals surface area contributed by atoms with Gasteiger partial charge in [-0.3, -0.25) is 4.90 Å². The Hall–Kier alpha value is -1.28. The van der Waals surface area contributed by atoms with E-state index in [1.165, 1.54) is 19.2 Å². The lowest BCUT2D eigenvalue weighted by atomic mass is 10.0. The van der Waals surface area contributed by atoms with Crippen molar-refractivity contribution in [2.24, 2.45) is 5.73 Å². The molecule has 0 spiro atoms. The Morgan fingerprint density at radius 3 is 2.25 bits per heavy atom. The molecule has 0 bridgehead atoms. The average molecular weight is 300 g/mol. The first-order chi connectivity index (χ1) is 8.99. The van der Waals surface area contributed by atoms with Crippen molar-refractivity contribution in [2.45, 2.75) is 18.4 Å². The highest BCUT2D eigenvalue weighted by molar-refractivity contribution is 5.28. The van der Waals surface area contributed by atoms with E-state index < -0.39 is 30.5 Å². The maximum atomic E-state index is 12.5. The van der Waals surface area contributed by atoms with Crippen LogP contribution in [0.25, 0.3) is 0 Å². The molecular formula is C12H14F6N2. The fourth-order valence-electron chi connectivity index (χ4n) is 1.76. The topological polar surface area (TPSA) is 29.3 Å². The highest BCUT2D eigenvalue weighted by Gasteiger charge is 2.32. The van der Waals surface area contributed by atoms with E-state index in [0.717, 1.165) is 17.0 Å². The summed E-state index contributed by atoms with van der Waals surface area (Å²) in [5.74, 6) is 0. The minimum absolute atomic E-state index is 0.147. The summed E-state index contributed by atoms with van der Waals surface area (Å²) in [6.45, 7) is -1.36. The van der Waals surface area contributed by atoms with Gasteiger partial charge < -0.3 is 5.73 Å². The Balaban J connectivity index is 2.75. The summed E-state index contributed by atoms with van der Waals surface area (Å²) in [7, 11) is 1.21. The molecule has 0 aliphatic heterocycles. The van der Waals surface area contributed by atoms with Gasteiger partial charge in [-0.2, -0.15) is 26.3 Å². The maximum absolute atomic E-state index is 12.5. The number of halogens is 6. The molecule has 0 radical (unpaired) electrons. The van der Waals surface area contributed by atoms with Gasteiger partial charge in [-0.25, -0.2) is 0 Å². The zero-order valence-corrected chi connectivity index (χ0v) is 10.6. The van der Waals surface area contributed by atoms with Crippen molar-refractivity contribution in [1.29, 1.82) is 0 Å². The van der Waals surface area contributed by atoms with Crippen LogP contribution in [0.15, 0.2) is 24.3 Å². The molecule has 1 atom stereocenters. The Kier molecular flexibility index (Phi) is 5.04. The molecule has 1 rings (SSSR count). The van der Waals surface area contributed by atoms with Gasteiger partial charge in [0, 0.05) is 12.6 Å². The van der Waals surface area contributed by atoms with Crippen LogP contribution in [0.1, 0.15) is 17.2 Å². The van der Waals surface area contributed by atoms with Gasteiger partial charge in [0.05, 0.1) is 12.1 Å². The van der Waals surface area contributed by atoms with Crippen LogP contribution < -0.4 is 5.73 Å². The van der Waals surface area contributed by atoms with Crippen molar-refractivity contribution >= 4 is 0 Å². The number of hydrogen-bond acceptors (Lipinski definition) is 2. The first kappa shape index (κ1) is 16.8. The average Bonchev–Trinajstić information content (AvgIpc) is 2.25. The number of hydrogen-bond donors (Lipinski definition) is 1. The molecule has 1 aromatic carbocycles. The van der Waals surface area contributed by atoms with Crippen LogP contribution in [0.4, 0.5) is 26.3 Å². The third kappa shape index (κ3) is 5.38. The molecular weight excluding hydrogens is 286 g/mol. The van der Waals surface area contributed by atoms with Crippen LogP contribution in [0.2, 0.25) is 0 Å². The summed E-state index contributed by atoms with van der Waals surface area (Å²) in [6, 6.07) is 3.36. The second-order valence-electron chi connectivity index (χ2n) is 4.54. The molecule has 0 amide bonds. The molecule has 1 unspecified atom stereocenters. The van der Waals surface area contributed by atoms with E-state index in [2.05, 4.69) is 0 Å². The predicted molar refractivity (Wildman–Crippen MR) is 61.9 cm³/mol. The third-order valence-corrected chi connectivity index (χ3v) is 2.60. The van der Waals surface area contributed by atoms with Gasteiger partial charge in [-0.15, -0.1) is 0 Å². The van der Waals surface area contributed by atoms with Gasteiger partial charge in [0.1, 0.15) is 0 Å². The Bertz CT molecular complexity index is 440. The molecule has 1 aromatic rings. The zero-order chi connectivity index (χ0) is 15.6. The highest BCUT2D eigenvalue weighted by atomic mass is 19.4. The van der Waals surface area contributed by atoms with E-state index in [1.807, 2.05) is 0 Å². The normalized spacial score (nSPS) is 14.7. The lowest BCUT2D eigenvalue weighted by molar-refractivity contribution is -0.143. The van der Waals surface area contributed by atoms with Gasteiger partial charge >= 0.3 is 12.4 Å². The van der Waals surface area contributed by atoms with Crippen LogP contribution >= 0.6 is 0 Å². The van der Waals surface area contributed by atoms with Crippen molar-refractivity contribution in [3.05, 3.63) is 35.4 Å². The summed E-state index contributed by atoms with van der Waals surface area (Å²) in [5, 5.41) is 0. The summed E-state index contributed by atoms with van der Waals surface area (Å²) in [5.41, 5.74) is 4.93. The molecule has 0 saturated carbocycles. The lowest BCUT2D eigenvalue weighted by Crippen LogP contribution is -2.36. The number of alkyl halides is 6. The molecule has 20 heavy (non-hydrogen) atoms. The second-order valence-corrected chi connectivity index (χ2v) is 4.54. The molecule has 0 fully saturated rings. The van der Waals surface area contributed by atoms with Crippen molar-refractivity contribution < 1.29 is 26.3 Å². The van der Waals surface area contributed by atoms with Gasteiger partial charge in [0.2, 0.25) is 0 Å². The molecule has 114 valence electrons. The Morgan fingerprint density at radius 1 is 1.15 bits per heavy atom. The molecule has 0 aliphatic carbocycles. The predicted octanol–water partition coefficient (Wildman–Crippen LogP) is 3.20. The van der Waals surface area contributed by atoms with Crippen LogP contribution in [-0.2, 0) is 6.18 Å². The molecule has 8 heteroatoms. The molecule has 0 aromatic heterocycles. The number of nitrogens with zero attached hydrogens (tertiary/aromatic N) is 1. The maximum Gasteiger partial charge on any atom is 0.416 e. The number of benzene rings is 1. The number of likely N-dealkylation sites (N-methyl/N-ethyl adjacent to an activating group) is 1. The van der Waals surface area contributed by atoms with Crippen LogP contribution in [-0.4, -0.2) is 31.2 Å². The van der Waals surface area contributed by atoms with E-state index in [-0.39, 0.29) is 12.1 Å². The first-order valence-corrected chi connectivity index (χ1v) is 5.67. The quantitative estimate of drug-likeness (QED) is 0.865. The highest BCUT2D eigenvalue weighted by Crippen LogP contribution is 2.30. The smallest absolute Gasteiger partial charge is 0.323 e. The van der Waals surface area contributed by atoms with Crippen LogP contribution in [0, 0.1) is 0 Å². The Labute approximate surface area is 112 Å². The fourth-order valence-corrected chi connectivity index (χ4v) is 1.76. The van der Waals surface area contributed by atoms with Crippen LogP contribution in [0.5, 0.6) is 0 Å². The second kappa shape index (κ2) is 6.01. The molecule has 0 aliphatic rings. The third-order valence-electron chi connectivity index (χ3n) is 2.60. The Morgan fingerprint density at radius 2 is 1.75 bits per heavy atom. The van der Waals surface area contributed by atoms with E-state index in [0.29, 0.717) is 0 Å². The summed E-state index contributed by atoms with van der Waals surface area (Å²) in [4.78, 5) is 0.922. The van der Waals surface area contributed by atoms with E-state index in [1.54, 1.807) is 0 Å². The molecule has 2 N–H and O–H groups in total. The van der Waals surface area contributed by atoms with Crippen molar-refractivity contribution in [3.8, 4) is 0 Å². The van der Waals surface area contributed by atoms with Gasteiger partial charge in [0.25, 0.3) is 0 Å². The van der Waals surface area contributed by atoms with Crippen molar-refractivity contribution in [2.75, 3.05) is 20.1 Å². The standard InChI is InChI=1S/C12H14F6N2/c1-20(7-11(13,14)15)6-10(19)8-3-2-4-9(5-8)12(16,17)18/h2-5,10H,6-7,19H2,1H3. The van der Waals surface area contributed by atoms with Gasteiger partial charge in [-0.05, 0) is 24.7 Å². The van der Waals surface area contributed by atoms with Gasteiger partial charge in [0.15, 0.2) is 0 Å². The SMILES string of the molecule is CN(CC(N)c1cccc(C(F)(F)F)c1)CC(F)(F)F. The monoisotopic (exact) mass is 300 g/mol. The van der Waals surface area contributed by atoms with E-state index in [9.17, 15) is 26.3 Å². The molecule has 0 saturated heterocycles. The van der Waals surface area contributed by atoms with Crippen molar-refractivity contribution in [1.82, 2.24) is 4.90 Å². The fraction of sp³-hybridized carbons (Fsp3) is 0.500. The van der Waals surface area contributed by atoms with Crippen molar-refractivity contribution in [3.63, 3.8) is 0 Å². The van der Waals surface area contributed by atoms with E-state index >= 15 is 0 Å². The summed E-state index contributed by atoms with van der Waals surface area (Å²) >= 11 is 0. The molecule has 0 heterocycles. The largest absolute Gasteiger partial charge is 0.416 e. The number of rotatable bonds is 4.